The van der Waals surface area contributed by atoms with Gasteiger partial charge in [0.1, 0.15) is 0 Å². The fourth-order valence-corrected chi connectivity index (χ4v) is 0.836. The molecule has 0 aliphatic heterocycles. The highest BCUT2D eigenvalue weighted by Crippen LogP contribution is 1.91. The summed E-state index contributed by atoms with van der Waals surface area (Å²) in [5.74, 6) is 0.693. The van der Waals surface area contributed by atoms with Crippen LogP contribution in [0, 0.1) is 0 Å². The third kappa shape index (κ3) is 13.1. The van der Waals surface area contributed by atoms with Crippen LogP contribution >= 0.6 is 11.8 Å². The third-order valence-corrected chi connectivity index (χ3v) is 1.49. The third-order valence-electron chi connectivity index (χ3n) is 0.745. The van der Waals surface area contributed by atoms with Crippen LogP contribution in [0.2, 0.25) is 0 Å². The summed E-state index contributed by atoms with van der Waals surface area (Å²) in [6.45, 7) is 2.08. The van der Waals surface area contributed by atoms with Crippen molar-refractivity contribution >= 4 is 22.8 Å². The smallest absolute Gasteiger partial charge is 0.299 e. The molecule has 0 spiro atoms. The predicted molar refractivity (Wildman–Crippen MR) is 42.3 cm³/mol. The number of carbonyl (C=O) groups excluding carboxylic acids is 1. The standard InChI is InChI=1S/C5H11N3OS.HI/c1-4(9)8-2-3-10-5(6)7;/h2-3H2,1H3,(H3,6,7)(H,8,9);1H. The first-order valence-electron chi connectivity index (χ1n) is 2.88. The van der Waals surface area contributed by atoms with Crippen molar-refractivity contribution in [2.75, 3.05) is 12.3 Å². The number of hydrogen-bond acceptors (Lipinski definition) is 2. The largest absolute Gasteiger partial charge is 1.00 e. The normalized spacial score (nSPS) is 8.09. The molecule has 0 aliphatic carbocycles. The van der Waals surface area contributed by atoms with Crippen LogP contribution in [-0.4, -0.2) is 23.4 Å². The molecule has 66 valence electrons. The van der Waals surface area contributed by atoms with E-state index in [-0.39, 0.29) is 29.9 Å². The topological polar surface area (TPSA) is 80.7 Å². The highest BCUT2D eigenvalue weighted by atomic mass is 127. The highest BCUT2D eigenvalue weighted by molar-refractivity contribution is 8.13. The highest BCUT2D eigenvalue weighted by Gasteiger charge is 1.95. The van der Waals surface area contributed by atoms with Gasteiger partial charge in [0.2, 0.25) is 5.91 Å². The van der Waals surface area contributed by atoms with Crippen LogP contribution in [0.15, 0.2) is 0 Å². The number of halogens is 1. The van der Waals surface area contributed by atoms with Crippen LogP contribution in [0.3, 0.4) is 0 Å². The summed E-state index contributed by atoms with van der Waals surface area (Å²) in [6, 6.07) is 0. The van der Waals surface area contributed by atoms with Crippen LogP contribution in [0.1, 0.15) is 6.92 Å². The predicted octanol–water partition coefficient (Wildman–Crippen LogP) is -5.07. The number of amides is 1. The molecule has 6 heteroatoms. The summed E-state index contributed by atoms with van der Waals surface area (Å²) in [7, 11) is 0. The minimum atomic E-state index is -0.0313. The molecule has 11 heavy (non-hydrogen) atoms. The van der Waals surface area contributed by atoms with Gasteiger partial charge in [-0.3, -0.25) is 15.9 Å². The van der Waals surface area contributed by atoms with Crippen molar-refractivity contribution in [2.24, 2.45) is 5.73 Å². The Hall–Kier alpha value is 0.0200. The Kier molecular flexibility index (Phi) is 10.0. The van der Waals surface area contributed by atoms with E-state index in [1.807, 2.05) is 0 Å². The maximum Gasteiger partial charge on any atom is 0.299 e. The van der Waals surface area contributed by atoms with Crippen molar-refractivity contribution in [2.45, 2.75) is 6.92 Å². The fourth-order valence-electron chi connectivity index (χ4n) is 0.396. The lowest BCUT2D eigenvalue weighted by Gasteiger charge is -1.96. The van der Waals surface area contributed by atoms with Crippen LogP contribution < -0.4 is 40.4 Å². The van der Waals surface area contributed by atoms with E-state index in [0.717, 1.165) is 5.75 Å². The Bertz CT molecular complexity index is 126. The molecular formula is C5H12IN3OS. The van der Waals surface area contributed by atoms with Crippen molar-refractivity contribution in [1.82, 2.24) is 5.32 Å². The second kappa shape index (κ2) is 8.12. The first kappa shape index (κ1) is 13.6. The van der Waals surface area contributed by atoms with Crippen molar-refractivity contribution in [3.8, 4) is 0 Å². The molecule has 0 aliphatic rings. The fraction of sp³-hybridized carbons (Fsp3) is 0.600. The Morgan fingerprint density at radius 1 is 1.73 bits per heavy atom. The zero-order chi connectivity index (χ0) is 7.98. The van der Waals surface area contributed by atoms with Gasteiger partial charge in [-0.2, -0.15) is 0 Å². The summed E-state index contributed by atoms with van der Waals surface area (Å²) in [4.78, 5) is 10.3. The second-order valence-corrected chi connectivity index (χ2v) is 2.90. The van der Waals surface area contributed by atoms with E-state index in [1.165, 1.54) is 18.7 Å². The van der Waals surface area contributed by atoms with Gasteiger partial charge in [0.25, 0.3) is 5.17 Å². The van der Waals surface area contributed by atoms with Crippen molar-refractivity contribution in [1.29, 1.82) is 0 Å². The zero-order valence-electron chi connectivity index (χ0n) is 6.26. The van der Waals surface area contributed by atoms with Crippen molar-refractivity contribution in [3.05, 3.63) is 0 Å². The van der Waals surface area contributed by atoms with Crippen LogP contribution in [0.25, 0.3) is 0 Å². The summed E-state index contributed by atoms with van der Waals surface area (Å²) in [5, 5.41) is 8.11. The van der Waals surface area contributed by atoms with Crippen LogP contribution in [0.4, 0.5) is 0 Å². The van der Waals surface area contributed by atoms with Gasteiger partial charge >= 0.3 is 0 Å². The molecule has 0 aromatic rings. The lowest BCUT2D eigenvalue weighted by molar-refractivity contribution is -0.118. The molecule has 0 heterocycles. The van der Waals surface area contributed by atoms with Crippen LogP contribution in [0.5, 0.6) is 0 Å². The number of carbonyl (C=O) groups is 1. The SMILES string of the molecule is CC(=O)NCCSC(N)=[NH2+].[I-]. The van der Waals surface area contributed by atoms with E-state index in [4.69, 9.17) is 11.1 Å². The van der Waals surface area contributed by atoms with E-state index in [1.54, 1.807) is 0 Å². The lowest BCUT2D eigenvalue weighted by Crippen LogP contribution is -3.00. The molecule has 1 amide bonds. The summed E-state index contributed by atoms with van der Waals surface area (Å²) in [6.07, 6.45) is 0. The molecule has 0 bridgehead atoms. The summed E-state index contributed by atoms with van der Waals surface area (Å²) < 4.78 is 0. The molecule has 0 unspecified atom stereocenters. The minimum absolute atomic E-state index is 0. The Balaban J connectivity index is 0. The molecule has 0 fully saturated rings. The maximum absolute atomic E-state index is 10.3. The number of amidine groups is 1. The quantitative estimate of drug-likeness (QED) is 0.210. The van der Waals surface area contributed by atoms with E-state index in [2.05, 4.69) is 5.32 Å². The van der Waals surface area contributed by atoms with Crippen LogP contribution in [-0.2, 0) is 4.79 Å². The molecule has 0 atom stereocenters. The molecule has 0 rings (SSSR count). The van der Waals surface area contributed by atoms with Gasteiger partial charge < -0.3 is 29.3 Å². The Labute approximate surface area is 87.2 Å². The lowest BCUT2D eigenvalue weighted by atomic mass is 10.6. The first-order chi connectivity index (χ1) is 4.63. The first-order valence-corrected chi connectivity index (χ1v) is 3.86. The number of hydrogen-bond donors (Lipinski definition) is 3. The second-order valence-electron chi connectivity index (χ2n) is 1.73. The number of thioether (sulfide) groups is 1. The molecule has 0 radical (unpaired) electrons. The van der Waals surface area contributed by atoms with E-state index >= 15 is 0 Å². The number of rotatable bonds is 3. The van der Waals surface area contributed by atoms with Crippen molar-refractivity contribution in [3.63, 3.8) is 0 Å². The number of nitrogens with one attached hydrogen (secondary N) is 1. The molecule has 4 nitrogen and oxygen atoms in total. The Morgan fingerprint density at radius 3 is 2.64 bits per heavy atom. The Morgan fingerprint density at radius 2 is 2.27 bits per heavy atom. The van der Waals surface area contributed by atoms with Gasteiger partial charge in [0.15, 0.2) is 0 Å². The van der Waals surface area contributed by atoms with Gasteiger partial charge in [-0.1, -0.05) is 0 Å². The van der Waals surface area contributed by atoms with Crippen molar-refractivity contribution < 1.29 is 34.2 Å². The monoisotopic (exact) mass is 289 g/mol. The van der Waals surface area contributed by atoms with Gasteiger partial charge in [-0.25, -0.2) is 0 Å². The van der Waals surface area contributed by atoms with E-state index < -0.39 is 0 Å². The summed E-state index contributed by atoms with van der Waals surface area (Å²) >= 11 is 1.33. The average Bonchev–Trinajstić information content (AvgIpc) is 1.79. The average molecular weight is 289 g/mol. The molecule has 0 aromatic heterocycles. The van der Waals surface area contributed by atoms with E-state index in [9.17, 15) is 4.79 Å². The van der Waals surface area contributed by atoms with Gasteiger partial charge in [0.05, 0.1) is 0 Å². The minimum Gasteiger partial charge on any atom is -1.00 e. The van der Waals surface area contributed by atoms with Gasteiger partial charge in [-0.05, 0) is 11.8 Å². The van der Waals surface area contributed by atoms with Gasteiger partial charge in [-0.15, -0.1) is 0 Å². The number of nitrogens with two attached hydrogens (primary N) is 2. The maximum atomic E-state index is 10.3. The van der Waals surface area contributed by atoms with Gasteiger partial charge in [0, 0.05) is 19.2 Å². The molecule has 0 saturated heterocycles. The van der Waals surface area contributed by atoms with E-state index in [0.29, 0.717) is 11.7 Å². The summed E-state index contributed by atoms with van der Waals surface area (Å²) in [5.41, 5.74) is 5.15. The molecule has 0 aromatic carbocycles. The zero-order valence-corrected chi connectivity index (χ0v) is 9.24. The molecule has 0 saturated carbocycles. The molecular weight excluding hydrogens is 277 g/mol. The molecule has 5 N–H and O–H groups in total.